The van der Waals surface area contributed by atoms with Gasteiger partial charge in [-0.25, -0.2) is 4.98 Å². The zero-order valence-corrected chi connectivity index (χ0v) is 8.95. The molecule has 0 aromatic carbocycles. The van der Waals surface area contributed by atoms with Crippen LogP contribution in [0.5, 0.6) is 5.75 Å². The summed E-state index contributed by atoms with van der Waals surface area (Å²) >= 11 is 0. The third kappa shape index (κ3) is 1.54. The third-order valence-electron chi connectivity index (χ3n) is 2.57. The predicted molar refractivity (Wildman–Crippen MR) is 57.1 cm³/mol. The summed E-state index contributed by atoms with van der Waals surface area (Å²) in [5, 5.41) is 0. The lowest BCUT2D eigenvalue weighted by Gasteiger charge is -2.26. The molecule has 0 spiro atoms. The molecule has 2 rings (SSSR count). The maximum Gasteiger partial charge on any atom is 0.171 e. The molecule has 1 aromatic rings. The molecule has 0 bridgehead atoms. The van der Waals surface area contributed by atoms with Gasteiger partial charge in [0.2, 0.25) is 0 Å². The lowest BCUT2D eigenvalue weighted by molar-refractivity contribution is 0.308. The standard InChI is InChI=1S/C11H16N2O/c1-8(2)9-6-10-11(12-7-9)13(3)4-5-14-10/h6-8H,4-5H2,1-3H3. The van der Waals surface area contributed by atoms with Gasteiger partial charge in [-0.3, -0.25) is 0 Å². The van der Waals surface area contributed by atoms with E-state index in [-0.39, 0.29) is 0 Å². The second-order valence-corrected chi connectivity index (χ2v) is 4.02. The van der Waals surface area contributed by atoms with E-state index < -0.39 is 0 Å². The van der Waals surface area contributed by atoms with Crippen LogP contribution >= 0.6 is 0 Å². The van der Waals surface area contributed by atoms with E-state index in [9.17, 15) is 0 Å². The smallest absolute Gasteiger partial charge is 0.171 e. The van der Waals surface area contributed by atoms with Gasteiger partial charge < -0.3 is 9.64 Å². The second-order valence-electron chi connectivity index (χ2n) is 4.02. The molecule has 1 aliphatic rings. The van der Waals surface area contributed by atoms with Crippen LogP contribution in [0.1, 0.15) is 25.3 Å². The molecule has 14 heavy (non-hydrogen) atoms. The van der Waals surface area contributed by atoms with E-state index in [1.54, 1.807) is 0 Å². The first-order valence-electron chi connectivity index (χ1n) is 5.02. The number of fused-ring (bicyclic) bond motifs is 1. The molecular weight excluding hydrogens is 176 g/mol. The lowest BCUT2D eigenvalue weighted by atomic mass is 10.1. The van der Waals surface area contributed by atoms with Gasteiger partial charge in [0.05, 0.1) is 6.54 Å². The molecule has 0 radical (unpaired) electrons. The van der Waals surface area contributed by atoms with Crippen LogP contribution in [0.3, 0.4) is 0 Å². The largest absolute Gasteiger partial charge is 0.488 e. The Labute approximate surface area is 84.7 Å². The quantitative estimate of drug-likeness (QED) is 0.680. The first-order valence-corrected chi connectivity index (χ1v) is 5.02. The summed E-state index contributed by atoms with van der Waals surface area (Å²) in [4.78, 5) is 6.55. The van der Waals surface area contributed by atoms with Gasteiger partial charge in [-0.1, -0.05) is 13.8 Å². The minimum atomic E-state index is 0.503. The number of hydrogen-bond acceptors (Lipinski definition) is 3. The second kappa shape index (κ2) is 3.48. The summed E-state index contributed by atoms with van der Waals surface area (Å²) in [5.41, 5.74) is 1.24. The molecule has 1 aromatic heterocycles. The van der Waals surface area contributed by atoms with Crippen LogP contribution in [-0.2, 0) is 0 Å². The number of ether oxygens (including phenoxy) is 1. The molecule has 0 aliphatic carbocycles. The van der Waals surface area contributed by atoms with Crippen molar-refractivity contribution in [2.24, 2.45) is 0 Å². The van der Waals surface area contributed by atoms with Crippen molar-refractivity contribution in [3.63, 3.8) is 0 Å². The monoisotopic (exact) mass is 192 g/mol. The molecule has 2 heterocycles. The Morgan fingerprint density at radius 3 is 3.00 bits per heavy atom. The van der Waals surface area contributed by atoms with Crippen LogP contribution < -0.4 is 9.64 Å². The van der Waals surface area contributed by atoms with Gasteiger partial charge in [0.25, 0.3) is 0 Å². The minimum absolute atomic E-state index is 0.503. The van der Waals surface area contributed by atoms with Crippen molar-refractivity contribution in [3.8, 4) is 5.75 Å². The number of nitrogens with zero attached hydrogens (tertiary/aromatic N) is 2. The van der Waals surface area contributed by atoms with Gasteiger partial charge in [-0.05, 0) is 17.5 Å². The minimum Gasteiger partial charge on any atom is -0.488 e. The molecule has 0 saturated heterocycles. The summed E-state index contributed by atoms with van der Waals surface area (Å²) in [6, 6.07) is 2.10. The Morgan fingerprint density at radius 1 is 1.50 bits per heavy atom. The van der Waals surface area contributed by atoms with Crippen molar-refractivity contribution in [1.29, 1.82) is 0 Å². The molecule has 3 heteroatoms. The van der Waals surface area contributed by atoms with Crippen LogP contribution in [0, 0.1) is 0 Å². The Bertz CT molecular complexity index is 336. The average molecular weight is 192 g/mol. The molecule has 76 valence electrons. The Balaban J connectivity index is 2.39. The predicted octanol–water partition coefficient (Wildman–Crippen LogP) is 2.03. The number of pyridine rings is 1. The zero-order valence-electron chi connectivity index (χ0n) is 8.95. The van der Waals surface area contributed by atoms with Crippen LogP contribution in [0.15, 0.2) is 12.3 Å². The number of rotatable bonds is 1. The van der Waals surface area contributed by atoms with Crippen molar-refractivity contribution < 1.29 is 4.74 Å². The number of aromatic nitrogens is 1. The summed E-state index contributed by atoms with van der Waals surface area (Å²) in [5.74, 6) is 2.38. The van der Waals surface area contributed by atoms with Crippen LogP contribution in [0.4, 0.5) is 5.82 Å². The van der Waals surface area contributed by atoms with E-state index in [1.165, 1.54) is 5.56 Å². The Kier molecular flexibility index (Phi) is 2.32. The molecule has 0 N–H and O–H groups in total. The number of likely N-dealkylation sites (N-methyl/N-ethyl adjacent to an activating group) is 1. The van der Waals surface area contributed by atoms with E-state index in [0.29, 0.717) is 5.92 Å². The van der Waals surface area contributed by atoms with Gasteiger partial charge in [0.1, 0.15) is 6.61 Å². The van der Waals surface area contributed by atoms with Gasteiger partial charge in [0.15, 0.2) is 11.6 Å². The van der Waals surface area contributed by atoms with Crippen LogP contribution in [-0.4, -0.2) is 25.2 Å². The fourth-order valence-electron chi connectivity index (χ4n) is 1.56. The molecule has 0 amide bonds. The van der Waals surface area contributed by atoms with Gasteiger partial charge in [-0.2, -0.15) is 0 Å². The lowest BCUT2D eigenvalue weighted by Crippen LogP contribution is -2.29. The summed E-state index contributed by atoms with van der Waals surface area (Å²) in [6.07, 6.45) is 1.94. The van der Waals surface area contributed by atoms with Crippen molar-refractivity contribution in [2.75, 3.05) is 25.1 Å². The normalized spacial score (nSPS) is 15.3. The van der Waals surface area contributed by atoms with Crippen molar-refractivity contribution >= 4 is 5.82 Å². The van der Waals surface area contributed by atoms with Gasteiger partial charge in [-0.15, -0.1) is 0 Å². The zero-order chi connectivity index (χ0) is 10.1. The summed E-state index contributed by atoms with van der Waals surface area (Å²) in [7, 11) is 2.05. The Hall–Kier alpha value is -1.25. The molecule has 0 atom stereocenters. The molecule has 0 fully saturated rings. The first-order chi connectivity index (χ1) is 6.68. The van der Waals surface area contributed by atoms with Crippen molar-refractivity contribution in [2.45, 2.75) is 19.8 Å². The summed E-state index contributed by atoms with van der Waals surface area (Å²) < 4.78 is 5.58. The highest BCUT2D eigenvalue weighted by molar-refractivity contribution is 5.54. The van der Waals surface area contributed by atoms with Crippen LogP contribution in [0.2, 0.25) is 0 Å². The van der Waals surface area contributed by atoms with Crippen LogP contribution in [0.25, 0.3) is 0 Å². The van der Waals surface area contributed by atoms with E-state index in [4.69, 9.17) is 4.74 Å². The third-order valence-corrected chi connectivity index (χ3v) is 2.57. The average Bonchev–Trinajstić information content (AvgIpc) is 2.17. The fourth-order valence-corrected chi connectivity index (χ4v) is 1.56. The number of hydrogen-bond donors (Lipinski definition) is 0. The highest BCUT2D eigenvalue weighted by Crippen LogP contribution is 2.30. The van der Waals surface area contributed by atoms with E-state index in [0.717, 1.165) is 24.7 Å². The van der Waals surface area contributed by atoms with E-state index >= 15 is 0 Å². The molecule has 0 unspecified atom stereocenters. The molecular formula is C11H16N2O. The number of anilines is 1. The molecule has 3 nitrogen and oxygen atoms in total. The molecule has 0 saturated carbocycles. The maximum absolute atomic E-state index is 5.58. The molecule has 1 aliphatic heterocycles. The topological polar surface area (TPSA) is 25.4 Å². The highest BCUT2D eigenvalue weighted by atomic mass is 16.5. The SMILES string of the molecule is CC(C)c1cnc2c(c1)OCCN2C. The first kappa shape index (κ1) is 9.31. The van der Waals surface area contributed by atoms with Gasteiger partial charge >= 0.3 is 0 Å². The summed E-state index contributed by atoms with van der Waals surface area (Å²) in [6.45, 7) is 6.00. The van der Waals surface area contributed by atoms with Crippen molar-refractivity contribution in [3.05, 3.63) is 17.8 Å². The fraction of sp³-hybridized carbons (Fsp3) is 0.545. The highest BCUT2D eigenvalue weighted by Gasteiger charge is 2.16. The van der Waals surface area contributed by atoms with Crippen molar-refractivity contribution in [1.82, 2.24) is 4.98 Å². The van der Waals surface area contributed by atoms with E-state index in [2.05, 4.69) is 29.8 Å². The van der Waals surface area contributed by atoms with E-state index in [1.807, 2.05) is 13.2 Å². The Morgan fingerprint density at radius 2 is 2.29 bits per heavy atom. The van der Waals surface area contributed by atoms with Gasteiger partial charge in [0, 0.05) is 13.2 Å². The maximum atomic E-state index is 5.58.